The summed E-state index contributed by atoms with van der Waals surface area (Å²) in [5.74, 6) is 0.838. The van der Waals surface area contributed by atoms with Crippen molar-refractivity contribution in [1.29, 1.82) is 0 Å². The molecule has 0 heterocycles. The third kappa shape index (κ3) is 17.2. The molecule has 0 aromatic heterocycles. The standard InChI is InChI=1S/C35H54NO2P.C23H33NO.C8H8/c1-27(2)34(31-16-10-7-11-17-31)36(35(4,5)6)38-28(3)30-24-22-29(23-25-30)26-39(37,32-18-12-8-13-19-32)33-20-14-9-15-21-33;1-7-21(19-14-10-8-11-15-19)25-24(23(4,5)6)22(18(2)3)20-16-12-9-13-17-20;1-2-8-6-4-3-5-7-8/h7,10-11,16-17,22-25,27-28,32-34H,8-9,12-15,18-21,26H2,1-6H3;8-18,21-22H,7H2,1-6H3;2-7H,1H2. The summed E-state index contributed by atoms with van der Waals surface area (Å²) >= 11 is 0. The molecule has 2 fully saturated rings. The van der Waals surface area contributed by atoms with Crippen LogP contribution in [0.1, 0.15) is 211 Å². The fraction of sp³-hybridized carbons (Fsp3) is 0.515. The Labute approximate surface area is 439 Å². The number of rotatable bonds is 18. The number of hydrogen-bond donors (Lipinski definition) is 0. The molecule has 7 rings (SSSR count). The first-order valence-corrected chi connectivity index (χ1v) is 29.8. The Morgan fingerprint density at radius 3 is 1.25 bits per heavy atom. The van der Waals surface area contributed by atoms with Gasteiger partial charge in [0.1, 0.15) is 12.2 Å². The molecule has 5 aromatic carbocycles. The molecule has 2 aliphatic rings. The van der Waals surface area contributed by atoms with E-state index in [1.54, 1.807) is 0 Å². The van der Waals surface area contributed by atoms with Crippen molar-refractivity contribution in [1.82, 2.24) is 10.1 Å². The minimum atomic E-state index is -2.27. The maximum atomic E-state index is 14.8. The van der Waals surface area contributed by atoms with Crippen LogP contribution < -0.4 is 0 Å². The van der Waals surface area contributed by atoms with Gasteiger partial charge in [0, 0.05) is 28.6 Å². The summed E-state index contributed by atoms with van der Waals surface area (Å²) in [7, 11) is -2.27. The van der Waals surface area contributed by atoms with E-state index >= 15 is 0 Å². The van der Waals surface area contributed by atoms with E-state index in [1.807, 2.05) is 36.4 Å². The molecular weight excluding hydrogens is 900 g/mol. The first-order valence-electron chi connectivity index (χ1n) is 27.8. The normalized spacial score (nSPS) is 16.8. The highest BCUT2D eigenvalue weighted by Gasteiger charge is 2.41. The SMILES string of the molecule is C=Cc1ccccc1.CC(ON(C(c1ccccc1)C(C)C)C(C)(C)C)c1ccc(CP(=O)(C2CCCCC2)C2CCCCC2)cc1.CCC(ON(C(c1ccccc1)C(C)C)C(C)(C)C)c1ccccc1. The third-order valence-corrected chi connectivity index (χ3v) is 19.1. The van der Waals surface area contributed by atoms with Gasteiger partial charge in [-0.15, -0.1) is 0 Å². The van der Waals surface area contributed by atoms with Crippen LogP contribution in [0.2, 0.25) is 0 Å². The molecule has 5 nitrogen and oxygen atoms in total. The summed E-state index contributed by atoms with van der Waals surface area (Å²) in [4.78, 5) is 13.4. The van der Waals surface area contributed by atoms with Crippen molar-refractivity contribution in [2.45, 2.75) is 207 Å². The number of benzene rings is 5. The van der Waals surface area contributed by atoms with Crippen LogP contribution in [0, 0.1) is 11.8 Å². The maximum absolute atomic E-state index is 14.8. The monoisotopic (exact) mass is 995 g/mol. The van der Waals surface area contributed by atoms with E-state index in [0.29, 0.717) is 23.2 Å². The Hall–Kier alpha value is -4.09. The molecule has 5 aromatic rings. The summed E-state index contributed by atoms with van der Waals surface area (Å²) in [5.41, 5.74) is 8.05. The molecule has 0 radical (unpaired) electrons. The van der Waals surface area contributed by atoms with Crippen molar-refractivity contribution in [3.05, 3.63) is 186 Å². The smallest absolute Gasteiger partial charge is 0.104 e. The summed E-state index contributed by atoms with van der Waals surface area (Å²) in [6, 6.07) is 51.3. The van der Waals surface area contributed by atoms with Crippen molar-refractivity contribution in [2.75, 3.05) is 0 Å². The zero-order valence-corrected chi connectivity index (χ0v) is 47.7. The van der Waals surface area contributed by atoms with Gasteiger partial charge in [0.05, 0.1) is 19.2 Å². The molecule has 2 saturated carbocycles. The summed E-state index contributed by atoms with van der Waals surface area (Å²) < 4.78 is 14.8. The lowest BCUT2D eigenvalue weighted by Gasteiger charge is -2.44. The number of nitrogens with zero attached hydrogens (tertiary/aromatic N) is 2. The Balaban J connectivity index is 0.000000247. The van der Waals surface area contributed by atoms with Crippen LogP contribution in [0.15, 0.2) is 152 Å². The van der Waals surface area contributed by atoms with Gasteiger partial charge in [-0.25, -0.2) is 0 Å². The number of hydroxylamine groups is 4. The molecule has 0 aliphatic heterocycles. The highest BCUT2D eigenvalue weighted by molar-refractivity contribution is 7.64. The van der Waals surface area contributed by atoms with Gasteiger partial charge in [0.2, 0.25) is 0 Å². The minimum absolute atomic E-state index is 0.0605. The molecule has 0 spiro atoms. The fourth-order valence-electron chi connectivity index (χ4n) is 10.9. The molecule has 72 heavy (non-hydrogen) atoms. The second-order valence-electron chi connectivity index (χ2n) is 23.3. The van der Waals surface area contributed by atoms with Crippen LogP contribution >= 0.6 is 7.14 Å². The lowest BCUT2D eigenvalue weighted by molar-refractivity contribution is -0.276. The second-order valence-corrected chi connectivity index (χ2v) is 26.8. The van der Waals surface area contributed by atoms with E-state index in [2.05, 4.69) is 215 Å². The molecule has 6 heteroatoms. The third-order valence-electron chi connectivity index (χ3n) is 14.7. The molecule has 2 aliphatic carbocycles. The lowest BCUT2D eigenvalue weighted by Crippen LogP contribution is -2.46. The van der Waals surface area contributed by atoms with Gasteiger partial charge < -0.3 is 4.57 Å². The van der Waals surface area contributed by atoms with Gasteiger partial charge in [0.25, 0.3) is 0 Å². The van der Waals surface area contributed by atoms with Gasteiger partial charge in [-0.05, 0) is 126 Å². The lowest BCUT2D eigenvalue weighted by atomic mass is 9.92. The molecule has 392 valence electrons. The van der Waals surface area contributed by atoms with Crippen LogP contribution in [0.25, 0.3) is 6.08 Å². The van der Waals surface area contributed by atoms with Crippen molar-refractivity contribution >= 4 is 13.2 Å². The zero-order valence-electron chi connectivity index (χ0n) is 46.8. The first kappa shape index (κ1) is 58.8. The van der Waals surface area contributed by atoms with Gasteiger partial charge in [-0.3, -0.25) is 9.68 Å². The van der Waals surface area contributed by atoms with Crippen molar-refractivity contribution in [3.8, 4) is 0 Å². The Morgan fingerprint density at radius 2 is 0.903 bits per heavy atom. The topological polar surface area (TPSA) is 42.0 Å². The van der Waals surface area contributed by atoms with Gasteiger partial charge in [0.15, 0.2) is 0 Å². The molecular formula is C66H95N2O3P. The van der Waals surface area contributed by atoms with Crippen LogP contribution in [0.4, 0.5) is 0 Å². The highest BCUT2D eigenvalue weighted by Crippen LogP contribution is 2.64. The Kier molecular flexibility index (Phi) is 23.3. The van der Waals surface area contributed by atoms with E-state index in [0.717, 1.165) is 12.6 Å². The van der Waals surface area contributed by atoms with Gasteiger partial charge in [-0.1, -0.05) is 231 Å². The quantitative estimate of drug-likeness (QED) is 0.0646. The summed E-state index contributed by atoms with van der Waals surface area (Å²) in [6.07, 6.45) is 16.0. The van der Waals surface area contributed by atoms with Gasteiger partial charge >= 0.3 is 0 Å². The van der Waals surface area contributed by atoms with Crippen molar-refractivity contribution < 1.29 is 14.2 Å². The van der Waals surface area contributed by atoms with Crippen LogP contribution in [0.3, 0.4) is 0 Å². The second kappa shape index (κ2) is 28.5. The first-order chi connectivity index (χ1) is 34.4. The molecule has 0 bridgehead atoms. The number of hydrogen-bond acceptors (Lipinski definition) is 5. The molecule has 4 unspecified atom stereocenters. The van der Waals surface area contributed by atoms with E-state index in [4.69, 9.17) is 9.68 Å². The van der Waals surface area contributed by atoms with Crippen LogP contribution in [0.5, 0.6) is 0 Å². The maximum Gasteiger partial charge on any atom is 0.104 e. The average Bonchev–Trinajstić information content (AvgIpc) is 3.38. The van der Waals surface area contributed by atoms with E-state index in [9.17, 15) is 4.57 Å². The highest BCUT2D eigenvalue weighted by atomic mass is 31.2. The Morgan fingerprint density at radius 1 is 0.528 bits per heavy atom. The van der Waals surface area contributed by atoms with Crippen molar-refractivity contribution in [2.24, 2.45) is 11.8 Å². The predicted molar refractivity (Wildman–Crippen MR) is 309 cm³/mol. The fourth-order valence-corrected chi connectivity index (χ4v) is 15.3. The van der Waals surface area contributed by atoms with E-state index in [-0.39, 0.29) is 35.4 Å². The van der Waals surface area contributed by atoms with E-state index in [1.165, 1.54) is 97.6 Å². The predicted octanol–water partition coefficient (Wildman–Crippen LogP) is 19.6. The van der Waals surface area contributed by atoms with Crippen molar-refractivity contribution in [3.63, 3.8) is 0 Å². The molecule has 0 N–H and O–H groups in total. The van der Waals surface area contributed by atoms with E-state index < -0.39 is 7.14 Å². The summed E-state index contributed by atoms with van der Waals surface area (Å²) in [5, 5.41) is 4.43. The molecule has 0 saturated heterocycles. The molecule has 4 atom stereocenters. The average molecular weight is 995 g/mol. The summed E-state index contributed by atoms with van der Waals surface area (Å²) in [6.45, 7) is 30.4. The van der Waals surface area contributed by atoms with Gasteiger partial charge in [-0.2, -0.15) is 10.1 Å². The molecule has 0 amide bonds. The van der Waals surface area contributed by atoms with Crippen LogP contribution in [-0.4, -0.2) is 32.5 Å². The van der Waals surface area contributed by atoms with Crippen LogP contribution in [-0.2, 0) is 20.4 Å². The Bertz CT molecular complexity index is 2270. The zero-order chi connectivity index (χ0) is 52.3. The largest absolute Gasteiger partial charge is 0.323 e. The minimum Gasteiger partial charge on any atom is -0.323 e.